The number of nitrogens with zero attached hydrogens (tertiary/aromatic N) is 2. The molecule has 0 N–H and O–H groups in total. The summed E-state index contributed by atoms with van der Waals surface area (Å²) < 4.78 is 5.79. The van der Waals surface area contributed by atoms with E-state index in [1.54, 1.807) is 11.3 Å². The van der Waals surface area contributed by atoms with Gasteiger partial charge in [-0.2, -0.15) is 11.3 Å². The maximum atomic E-state index is 12.3. The molecule has 0 saturated carbocycles. The molecule has 1 amide bonds. The quantitative estimate of drug-likeness (QED) is 0.768. The minimum absolute atomic E-state index is 0.161. The molecular formula is C13H18N2O2S. The van der Waals surface area contributed by atoms with Gasteiger partial charge in [0.2, 0.25) is 0 Å². The standard InChI is InChI=1S/C13H18N2O2S/c1-14-5-6-17-12-2-4-15(8-11(12)14)13(16)10-3-7-18-9-10/h3,7,9,11-12H,2,4-6,8H2,1H3/t11-,12-/m1/s1. The van der Waals surface area contributed by atoms with Gasteiger partial charge in [-0.05, 0) is 24.9 Å². The fraction of sp³-hybridized carbons (Fsp3) is 0.615. The zero-order chi connectivity index (χ0) is 12.5. The van der Waals surface area contributed by atoms with Crippen molar-refractivity contribution in [2.45, 2.75) is 18.6 Å². The number of thiophene rings is 1. The van der Waals surface area contributed by atoms with Crippen molar-refractivity contribution in [2.24, 2.45) is 0 Å². The normalized spacial score (nSPS) is 29.1. The Morgan fingerprint density at radius 3 is 3.17 bits per heavy atom. The van der Waals surface area contributed by atoms with Gasteiger partial charge >= 0.3 is 0 Å². The van der Waals surface area contributed by atoms with Crippen molar-refractivity contribution in [3.05, 3.63) is 22.4 Å². The van der Waals surface area contributed by atoms with Crippen LogP contribution in [-0.2, 0) is 4.74 Å². The topological polar surface area (TPSA) is 32.8 Å². The maximum absolute atomic E-state index is 12.3. The number of amides is 1. The van der Waals surface area contributed by atoms with Gasteiger partial charge in [0.15, 0.2) is 0 Å². The van der Waals surface area contributed by atoms with Crippen molar-refractivity contribution in [3.8, 4) is 0 Å². The van der Waals surface area contributed by atoms with Crippen molar-refractivity contribution in [2.75, 3.05) is 33.3 Å². The molecule has 0 unspecified atom stereocenters. The van der Waals surface area contributed by atoms with E-state index in [-0.39, 0.29) is 5.91 Å². The summed E-state index contributed by atoms with van der Waals surface area (Å²) >= 11 is 1.57. The average molecular weight is 266 g/mol. The highest BCUT2D eigenvalue weighted by molar-refractivity contribution is 7.08. The van der Waals surface area contributed by atoms with Crippen LogP contribution < -0.4 is 0 Å². The van der Waals surface area contributed by atoms with E-state index in [9.17, 15) is 4.79 Å². The lowest BCUT2D eigenvalue weighted by atomic mass is 9.99. The minimum Gasteiger partial charge on any atom is -0.375 e. The Morgan fingerprint density at radius 2 is 2.39 bits per heavy atom. The highest BCUT2D eigenvalue weighted by Gasteiger charge is 2.36. The highest BCUT2D eigenvalue weighted by atomic mass is 32.1. The van der Waals surface area contributed by atoms with Crippen LogP contribution in [0.15, 0.2) is 16.8 Å². The number of piperidine rings is 1. The summed E-state index contributed by atoms with van der Waals surface area (Å²) in [4.78, 5) is 16.6. The van der Waals surface area contributed by atoms with Gasteiger partial charge in [-0.1, -0.05) is 0 Å². The third-order valence-electron chi connectivity index (χ3n) is 3.92. The summed E-state index contributed by atoms with van der Waals surface area (Å²) in [5.74, 6) is 0.161. The Morgan fingerprint density at radius 1 is 1.50 bits per heavy atom. The molecule has 0 aromatic carbocycles. The first kappa shape index (κ1) is 12.1. The molecule has 0 bridgehead atoms. The third-order valence-corrected chi connectivity index (χ3v) is 4.60. The number of likely N-dealkylation sites (tertiary alicyclic amines) is 1. The van der Waals surface area contributed by atoms with Gasteiger partial charge in [-0.25, -0.2) is 0 Å². The fourth-order valence-corrected chi connectivity index (χ4v) is 3.42. The zero-order valence-corrected chi connectivity index (χ0v) is 11.4. The Balaban J connectivity index is 1.71. The van der Waals surface area contributed by atoms with Crippen molar-refractivity contribution < 1.29 is 9.53 Å². The maximum Gasteiger partial charge on any atom is 0.254 e. The SMILES string of the molecule is CN1CCO[C@@H]2CCN(C(=O)c3ccsc3)C[C@H]21. The first-order chi connectivity index (χ1) is 8.75. The van der Waals surface area contributed by atoms with Crippen LogP contribution in [-0.4, -0.2) is 61.1 Å². The highest BCUT2D eigenvalue weighted by Crippen LogP contribution is 2.23. The van der Waals surface area contributed by atoms with Crippen LogP contribution in [0.4, 0.5) is 0 Å². The predicted octanol–water partition coefficient (Wildman–Crippen LogP) is 1.29. The molecule has 4 nitrogen and oxygen atoms in total. The number of carbonyl (C=O) groups excluding carboxylic acids is 1. The fourth-order valence-electron chi connectivity index (χ4n) is 2.79. The van der Waals surface area contributed by atoms with Crippen molar-refractivity contribution in [3.63, 3.8) is 0 Å². The van der Waals surface area contributed by atoms with E-state index in [0.29, 0.717) is 12.1 Å². The summed E-state index contributed by atoms with van der Waals surface area (Å²) in [5, 5.41) is 3.88. The predicted molar refractivity (Wildman–Crippen MR) is 71.0 cm³/mol. The molecule has 3 heterocycles. The molecule has 2 aliphatic rings. The molecule has 18 heavy (non-hydrogen) atoms. The molecule has 0 aliphatic carbocycles. The monoisotopic (exact) mass is 266 g/mol. The second kappa shape index (κ2) is 4.99. The number of likely N-dealkylation sites (N-methyl/N-ethyl adjacent to an activating group) is 1. The molecule has 0 spiro atoms. The van der Waals surface area contributed by atoms with Crippen LogP contribution in [0.3, 0.4) is 0 Å². The second-order valence-electron chi connectivity index (χ2n) is 5.01. The van der Waals surface area contributed by atoms with Crippen LogP contribution in [0, 0.1) is 0 Å². The molecule has 2 aliphatic heterocycles. The molecule has 1 aromatic rings. The van der Waals surface area contributed by atoms with E-state index in [1.807, 2.05) is 21.7 Å². The van der Waals surface area contributed by atoms with Crippen LogP contribution in [0.5, 0.6) is 0 Å². The summed E-state index contributed by atoms with van der Waals surface area (Å²) in [7, 11) is 2.12. The first-order valence-corrected chi connectivity index (χ1v) is 7.33. The summed E-state index contributed by atoms with van der Waals surface area (Å²) in [6.07, 6.45) is 1.25. The summed E-state index contributed by atoms with van der Waals surface area (Å²) in [6, 6.07) is 2.26. The molecule has 3 rings (SSSR count). The van der Waals surface area contributed by atoms with Gasteiger partial charge in [0.25, 0.3) is 5.91 Å². The number of hydrogen-bond acceptors (Lipinski definition) is 4. The lowest BCUT2D eigenvalue weighted by Gasteiger charge is -2.45. The van der Waals surface area contributed by atoms with Gasteiger partial charge in [0, 0.05) is 25.0 Å². The van der Waals surface area contributed by atoms with Crippen LogP contribution in [0.25, 0.3) is 0 Å². The van der Waals surface area contributed by atoms with Gasteiger partial charge in [-0.3, -0.25) is 9.69 Å². The molecule has 98 valence electrons. The van der Waals surface area contributed by atoms with E-state index < -0.39 is 0 Å². The Hall–Kier alpha value is -0.910. The van der Waals surface area contributed by atoms with Crippen molar-refractivity contribution in [1.29, 1.82) is 0 Å². The van der Waals surface area contributed by atoms with E-state index in [2.05, 4.69) is 11.9 Å². The van der Waals surface area contributed by atoms with E-state index in [1.165, 1.54) is 0 Å². The van der Waals surface area contributed by atoms with Gasteiger partial charge in [0.1, 0.15) is 0 Å². The summed E-state index contributed by atoms with van der Waals surface area (Å²) in [6.45, 7) is 3.37. The number of carbonyl (C=O) groups is 1. The van der Waals surface area contributed by atoms with E-state index in [0.717, 1.165) is 38.2 Å². The van der Waals surface area contributed by atoms with Gasteiger partial charge < -0.3 is 9.64 Å². The van der Waals surface area contributed by atoms with Crippen molar-refractivity contribution in [1.82, 2.24) is 9.80 Å². The lowest BCUT2D eigenvalue weighted by Crippen LogP contribution is -2.59. The van der Waals surface area contributed by atoms with Gasteiger partial charge in [-0.15, -0.1) is 0 Å². The number of hydrogen-bond donors (Lipinski definition) is 0. The third kappa shape index (κ3) is 2.18. The summed E-state index contributed by atoms with van der Waals surface area (Å²) in [5.41, 5.74) is 0.817. The molecular weight excluding hydrogens is 248 g/mol. The number of fused-ring (bicyclic) bond motifs is 1. The first-order valence-electron chi connectivity index (χ1n) is 6.39. The molecule has 2 saturated heterocycles. The number of ether oxygens (including phenoxy) is 1. The second-order valence-corrected chi connectivity index (χ2v) is 5.79. The van der Waals surface area contributed by atoms with Crippen LogP contribution in [0.1, 0.15) is 16.8 Å². The lowest BCUT2D eigenvalue weighted by molar-refractivity contribution is -0.0893. The van der Waals surface area contributed by atoms with Crippen molar-refractivity contribution >= 4 is 17.2 Å². The van der Waals surface area contributed by atoms with E-state index >= 15 is 0 Å². The zero-order valence-electron chi connectivity index (χ0n) is 10.5. The Kier molecular flexibility index (Phi) is 3.37. The van der Waals surface area contributed by atoms with Crippen LogP contribution in [0.2, 0.25) is 0 Å². The molecule has 2 fully saturated rings. The Bertz CT molecular complexity index is 421. The molecule has 1 aromatic heterocycles. The molecule has 5 heteroatoms. The molecule has 0 radical (unpaired) electrons. The number of rotatable bonds is 1. The van der Waals surface area contributed by atoms with E-state index in [4.69, 9.17) is 4.74 Å². The average Bonchev–Trinajstić information content (AvgIpc) is 2.92. The van der Waals surface area contributed by atoms with Crippen LogP contribution >= 0.6 is 11.3 Å². The molecule has 2 atom stereocenters. The van der Waals surface area contributed by atoms with Gasteiger partial charge in [0.05, 0.1) is 24.3 Å². The minimum atomic E-state index is 0.161. The smallest absolute Gasteiger partial charge is 0.254 e. The largest absolute Gasteiger partial charge is 0.375 e. The number of morpholine rings is 1. The Labute approximate surface area is 111 Å².